The van der Waals surface area contributed by atoms with Gasteiger partial charge >= 0.3 is 0 Å². The summed E-state index contributed by atoms with van der Waals surface area (Å²) in [6.07, 6.45) is 0. The number of hydrogen-bond acceptors (Lipinski definition) is 5. The van der Waals surface area contributed by atoms with Crippen molar-refractivity contribution in [2.45, 2.75) is 17.9 Å². The molecule has 0 saturated heterocycles. The van der Waals surface area contributed by atoms with E-state index in [4.69, 9.17) is 37.4 Å². The van der Waals surface area contributed by atoms with Gasteiger partial charge in [0.1, 0.15) is 28.9 Å². The van der Waals surface area contributed by atoms with Gasteiger partial charge in [-0.3, -0.25) is 0 Å². The minimum Gasteiger partial charge on any atom is -0.495 e. The minimum atomic E-state index is -3.90. The van der Waals surface area contributed by atoms with Crippen LogP contribution in [0.4, 0.5) is 0 Å². The molecule has 2 aromatic carbocycles. The van der Waals surface area contributed by atoms with Crippen LogP contribution >= 0.6 is 23.2 Å². The first-order valence-corrected chi connectivity index (χ1v) is 10.0. The quantitative estimate of drug-likeness (QED) is 0.800. The summed E-state index contributed by atoms with van der Waals surface area (Å²) in [6, 6.07) is 7.58. The number of hydrogen-bond donors (Lipinski definition) is 1. The van der Waals surface area contributed by atoms with Crippen molar-refractivity contribution in [2.75, 3.05) is 20.3 Å². The summed E-state index contributed by atoms with van der Waals surface area (Å²) in [6.45, 7) is 2.67. The fourth-order valence-corrected chi connectivity index (χ4v) is 4.65. The molecule has 0 saturated carbocycles. The molecule has 2 aromatic rings. The molecular weight excluding hydrogens is 401 g/mol. The fraction of sp³-hybridized carbons (Fsp3) is 0.294. The molecule has 1 aliphatic rings. The van der Waals surface area contributed by atoms with Crippen molar-refractivity contribution < 1.29 is 22.6 Å². The molecule has 0 amide bonds. The van der Waals surface area contributed by atoms with E-state index < -0.39 is 16.1 Å². The van der Waals surface area contributed by atoms with E-state index in [2.05, 4.69) is 4.72 Å². The van der Waals surface area contributed by atoms with Crippen molar-refractivity contribution in [3.63, 3.8) is 0 Å². The molecule has 0 fully saturated rings. The Hall–Kier alpha value is -1.67. The van der Waals surface area contributed by atoms with Crippen molar-refractivity contribution in [3.8, 4) is 17.2 Å². The van der Waals surface area contributed by atoms with E-state index >= 15 is 0 Å². The number of fused-ring (bicyclic) bond motifs is 1. The second kappa shape index (κ2) is 7.52. The SMILES string of the molecule is COc1ccc(S(=O)(=O)NC(C)c2ccc3c(c2)OCCO3)c(Cl)c1Cl. The maximum atomic E-state index is 12.7. The van der Waals surface area contributed by atoms with Crippen molar-refractivity contribution in [1.82, 2.24) is 4.72 Å². The molecule has 0 aliphatic carbocycles. The monoisotopic (exact) mass is 417 g/mol. The van der Waals surface area contributed by atoms with Gasteiger partial charge in [0.05, 0.1) is 12.1 Å². The maximum Gasteiger partial charge on any atom is 0.242 e. The van der Waals surface area contributed by atoms with Crippen LogP contribution in [0.15, 0.2) is 35.2 Å². The van der Waals surface area contributed by atoms with Gasteiger partial charge in [0.25, 0.3) is 0 Å². The maximum absolute atomic E-state index is 12.7. The van der Waals surface area contributed by atoms with Crippen LogP contribution in [0.25, 0.3) is 0 Å². The van der Waals surface area contributed by atoms with Gasteiger partial charge in [0.2, 0.25) is 10.0 Å². The molecular formula is C17H17Cl2NO5S. The average Bonchev–Trinajstić information content (AvgIpc) is 2.62. The largest absolute Gasteiger partial charge is 0.495 e. The Labute approximate surface area is 162 Å². The molecule has 140 valence electrons. The van der Waals surface area contributed by atoms with Gasteiger partial charge in [0.15, 0.2) is 11.5 Å². The highest BCUT2D eigenvalue weighted by Crippen LogP contribution is 2.37. The standard InChI is InChI=1S/C17H17Cl2NO5S/c1-10(11-3-4-12-14(9-11)25-8-7-24-12)20-26(21,22)15-6-5-13(23-2)16(18)17(15)19/h3-6,9-10,20H,7-8H2,1-2H3. The summed E-state index contributed by atoms with van der Waals surface area (Å²) >= 11 is 12.2. The Balaban J connectivity index is 1.87. The van der Waals surface area contributed by atoms with Crippen LogP contribution in [0, 0.1) is 0 Å². The molecule has 9 heteroatoms. The topological polar surface area (TPSA) is 73.9 Å². The number of ether oxygens (including phenoxy) is 3. The third-order valence-corrected chi connectivity index (χ3v) is 6.48. The Kier molecular flexibility index (Phi) is 5.53. The molecule has 1 heterocycles. The third kappa shape index (κ3) is 3.71. The molecule has 0 bridgehead atoms. The summed E-state index contributed by atoms with van der Waals surface area (Å²) in [4.78, 5) is -0.116. The molecule has 1 N–H and O–H groups in total. The van der Waals surface area contributed by atoms with E-state index in [1.807, 2.05) is 0 Å². The smallest absolute Gasteiger partial charge is 0.242 e. The summed E-state index contributed by atoms with van der Waals surface area (Å²) in [5.41, 5.74) is 0.730. The number of halogens is 2. The van der Waals surface area contributed by atoms with Crippen molar-refractivity contribution in [2.24, 2.45) is 0 Å². The predicted molar refractivity (Wildman–Crippen MR) is 99.2 cm³/mol. The molecule has 0 radical (unpaired) electrons. The van der Waals surface area contributed by atoms with Gasteiger partial charge in [-0.15, -0.1) is 0 Å². The molecule has 3 rings (SSSR count). The number of rotatable bonds is 5. The van der Waals surface area contributed by atoms with Crippen LogP contribution < -0.4 is 18.9 Å². The Morgan fingerprint density at radius 3 is 2.46 bits per heavy atom. The molecule has 0 aromatic heterocycles. The Morgan fingerprint density at radius 2 is 1.77 bits per heavy atom. The first-order chi connectivity index (χ1) is 12.3. The van der Waals surface area contributed by atoms with Gasteiger partial charge in [-0.05, 0) is 36.8 Å². The normalized spacial score (nSPS) is 14.8. The second-order valence-corrected chi connectivity index (χ2v) is 8.08. The molecule has 0 spiro atoms. The molecule has 1 aliphatic heterocycles. The summed E-state index contributed by atoms with van der Waals surface area (Å²) in [5.74, 6) is 1.53. The van der Waals surface area contributed by atoms with Gasteiger partial charge in [-0.25, -0.2) is 13.1 Å². The van der Waals surface area contributed by atoms with Crippen molar-refractivity contribution >= 4 is 33.2 Å². The molecule has 1 atom stereocenters. The summed E-state index contributed by atoms with van der Waals surface area (Å²) < 4.78 is 44.1. The van der Waals surface area contributed by atoms with E-state index in [1.54, 1.807) is 25.1 Å². The van der Waals surface area contributed by atoms with Crippen LogP contribution in [0.2, 0.25) is 10.0 Å². The van der Waals surface area contributed by atoms with E-state index in [0.29, 0.717) is 30.5 Å². The predicted octanol–water partition coefficient (Wildman–Crippen LogP) is 3.81. The highest BCUT2D eigenvalue weighted by atomic mass is 35.5. The van der Waals surface area contributed by atoms with Crippen LogP contribution in [0.5, 0.6) is 17.2 Å². The van der Waals surface area contributed by atoms with Gasteiger partial charge in [-0.2, -0.15) is 0 Å². The lowest BCUT2D eigenvalue weighted by molar-refractivity contribution is 0.171. The van der Waals surface area contributed by atoms with E-state index in [1.165, 1.54) is 19.2 Å². The second-order valence-electron chi connectivity index (χ2n) is 5.64. The Bertz CT molecular complexity index is 933. The van der Waals surface area contributed by atoms with Gasteiger partial charge in [0, 0.05) is 6.04 Å². The van der Waals surface area contributed by atoms with Crippen LogP contribution in [0.1, 0.15) is 18.5 Å². The third-order valence-electron chi connectivity index (χ3n) is 3.92. The highest BCUT2D eigenvalue weighted by Gasteiger charge is 2.25. The van der Waals surface area contributed by atoms with Crippen LogP contribution in [-0.4, -0.2) is 28.7 Å². The molecule has 1 unspecified atom stereocenters. The number of methoxy groups -OCH3 is 1. The average molecular weight is 418 g/mol. The summed E-state index contributed by atoms with van der Waals surface area (Å²) in [5, 5.41) is -0.0445. The van der Waals surface area contributed by atoms with Gasteiger partial charge < -0.3 is 14.2 Å². The zero-order valence-corrected chi connectivity index (χ0v) is 16.4. The number of benzene rings is 2. The number of sulfonamides is 1. The lowest BCUT2D eigenvalue weighted by Crippen LogP contribution is -2.27. The first-order valence-electron chi connectivity index (χ1n) is 7.77. The lowest BCUT2D eigenvalue weighted by atomic mass is 10.1. The fourth-order valence-electron chi connectivity index (χ4n) is 2.57. The zero-order chi connectivity index (χ0) is 18.9. The van der Waals surface area contributed by atoms with Crippen LogP contribution in [-0.2, 0) is 10.0 Å². The first kappa shape index (κ1) is 19.1. The van der Waals surface area contributed by atoms with Crippen LogP contribution in [0.3, 0.4) is 0 Å². The molecule has 26 heavy (non-hydrogen) atoms. The lowest BCUT2D eigenvalue weighted by Gasteiger charge is -2.21. The number of nitrogens with one attached hydrogen (secondary N) is 1. The highest BCUT2D eigenvalue weighted by molar-refractivity contribution is 7.89. The molecule has 6 nitrogen and oxygen atoms in total. The minimum absolute atomic E-state index is 0.0454. The van der Waals surface area contributed by atoms with E-state index in [-0.39, 0.29) is 14.9 Å². The summed E-state index contributed by atoms with van der Waals surface area (Å²) in [7, 11) is -2.48. The van der Waals surface area contributed by atoms with E-state index in [9.17, 15) is 8.42 Å². The van der Waals surface area contributed by atoms with Crippen molar-refractivity contribution in [3.05, 3.63) is 45.9 Å². The van der Waals surface area contributed by atoms with Gasteiger partial charge in [-0.1, -0.05) is 29.3 Å². The van der Waals surface area contributed by atoms with Crippen molar-refractivity contribution in [1.29, 1.82) is 0 Å². The van der Waals surface area contributed by atoms with E-state index in [0.717, 1.165) is 5.56 Å². The Morgan fingerprint density at radius 1 is 1.08 bits per heavy atom. The zero-order valence-electron chi connectivity index (χ0n) is 14.1.